The number of hydrogen-bond acceptors (Lipinski definition) is 4. The molecule has 0 spiro atoms. The molecule has 5 nitrogen and oxygen atoms in total. The Morgan fingerprint density at radius 1 is 1.22 bits per heavy atom. The topological polar surface area (TPSA) is 47.6 Å². The van der Waals surface area contributed by atoms with Crippen molar-refractivity contribution in [1.29, 1.82) is 5.26 Å². The molecule has 0 amide bonds. The Morgan fingerprint density at radius 2 is 2.04 bits per heavy atom. The minimum absolute atomic E-state index is 0.405. The third-order valence-electron chi connectivity index (χ3n) is 5.86. The lowest BCUT2D eigenvalue weighted by Crippen LogP contribution is -2.42. The van der Waals surface area contributed by atoms with Crippen molar-refractivity contribution in [3.05, 3.63) is 29.1 Å². The van der Waals surface area contributed by atoms with Gasteiger partial charge in [-0.15, -0.1) is 0 Å². The summed E-state index contributed by atoms with van der Waals surface area (Å²) in [6, 6.07) is 2.46. The van der Waals surface area contributed by atoms with E-state index in [0.717, 1.165) is 30.6 Å². The standard InChI is InChI=1S/C22H33N5/c1-5-7-8-9-11-18-17(6-2)19(16-23)21-24-13-15-27(21)22(18)26-14-10-12-20(26)25(3)4/h13,15,20H,5-12,14H2,1-4H3. The summed E-state index contributed by atoms with van der Waals surface area (Å²) in [4.78, 5) is 9.42. The van der Waals surface area contributed by atoms with E-state index in [2.05, 4.69) is 53.2 Å². The Kier molecular flexibility index (Phi) is 6.38. The molecule has 1 fully saturated rings. The molecule has 5 heteroatoms. The Balaban J connectivity index is 2.16. The largest absolute Gasteiger partial charge is 0.342 e. The zero-order chi connectivity index (χ0) is 19.4. The number of anilines is 1. The molecule has 0 aliphatic carbocycles. The van der Waals surface area contributed by atoms with Crippen LogP contribution in [0.3, 0.4) is 0 Å². The third-order valence-corrected chi connectivity index (χ3v) is 5.86. The highest BCUT2D eigenvalue weighted by molar-refractivity contribution is 5.70. The molecule has 0 radical (unpaired) electrons. The fourth-order valence-corrected chi connectivity index (χ4v) is 4.57. The van der Waals surface area contributed by atoms with Gasteiger partial charge in [-0.25, -0.2) is 4.98 Å². The van der Waals surface area contributed by atoms with Gasteiger partial charge < -0.3 is 4.90 Å². The summed E-state index contributed by atoms with van der Waals surface area (Å²) in [6.07, 6.45) is 13.5. The van der Waals surface area contributed by atoms with Crippen molar-refractivity contribution >= 4 is 11.5 Å². The molecular formula is C22H33N5. The summed E-state index contributed by atoms with van der Waals surface area (Å²) in [6.45, 7) is 5.48. The van der Waals surface area contributed by atoms with Crippen LogP contribution in [0.15, 0.2) is 12.4 Å². The molecule has 0 aromatic carbocycles. The van der Waals surface area contributed by atoms with Crippen LogP contribution >= 0.6 is 0 Å². The second kappa shape index (κ2) is 8.75. The van der Waals surface area contributed by atoms with Crippen LogP contribution in [0.4, 0.5) is 5.82 Å². The highest BCUT2D eigenvalue weighted by Crippen LogP contribution is 2.36. The number of nitriles is 1. The van der Waals surface area contributed by atoms with E-state index in [0.29, 0.717) is 6.17 Å². The van der Waals surface area contributed by atoms with E-state index in [1.807, 2.05) is 12.4 Å². The zero-order valence-electron chi connectivity index (χ0n) is 17.3. The number of pyridine rings is 1. The van der Waals surface area contributed by atoms with Crippen molar-refractivity contribution in [2.45, 2.75) is 71.4 Å². The molecule has 3 heterocycles. The maximum atomic E-state index is 9.87. The van der Waals surface area contributed by atoms with Gasteiger partial charge in [-0.1, -0.05) is 33.1 Å². The summed E-state index contributed by atoms with van der Waals surface area (Å²) < 4.78 is 2.18. The average molecular weight is 368 g/mol. The van der Waals surface area contributed by atoms with E-state index in [9.17, 15) is 5.26 Å². The smallest absolute Gasteiger partial charge is 0.156 e. The highest BCUT2D eigenvalue weighted by Gasteiger charge is 2.31. The third kappa shape index (κ3) is 3.68. The quantitative estimate of drug-likeness (QED) is 0.650. The first-order valence-corrected chi connectivity index (χ1v) is 10.5. The van der Waals surface area contributed by atoms with E-state index >= 15 is 0 Å². The molecular weight excluding hydrogens is 334 g/mol. The monoisotopic (exact) mass is 367 g/mol. The Bertz CT molecular complexity index is 814. The van der Waals surface area contributed by atoms with Crippen LogP contribution in [0.1, 0.15) is 69.1 Å². The summed E-state index contributed by atoms with van der Waals surface area (Å²) in [5, 5.41) is 9.87. The van der Waals surface area contributed by atoms with Gasteiger partial charge in [0.2, 0.25) is 0 Å². The average Bonchev–Trinajstić information content (AvgIpc) is 3.33. The lowest BCUT2D eigenvalue weighted by Gasteiger charge is -2.34. The molecule has 1 atom stereocenters. The van der Waals surface area contributed by atoms with E-state index in [1.165, 1.54) is 55.5 Å². The summed E-state index contributed by atoms with van der Waals surface area (Å²) in [5.41, 5.74) is 4.14. The number of imidazole rings is 1. The van der Waals surface area contributed by atoms with Gasteiger partial charge in [-0.05, 0) is 57.3 Å². The van der Waals surface area contributed by atoms with Crippen molar-refractivity contribution < 1.29 is 0 Å². The zero-order valence-corrected chi connectivity index (χ0v) is 17.3. The van der Waals surface area contributed by atoms with Gasteiger partial charge in [0.25, 0.3) is 0 Å². The first-order valence-electron chi connectivity index (χ1n) is 10.5. The Labute approximate surface area is 163 Å². The molecule has 1 saturated heterocycles. The molecule has 1 aliphatic rings. The van der Waals surface area contributed by atoms with E-state index in [1.54, 1.807) is 0 Å². The number of aromatic nitrogens is 2. The first-order chi connectivity index (χ1) is 13.1. The Morgan fingerprint density at radius 3 is 2.70 bits per heavy atom. The van der Waals surface area contributed by atoms with Gasteiger partial charge >= 0.3 is 0 Å². The second-order valence-electron chi connectivity index (χ2n) is 7.83. The van der Waals surface area contributed by atoms with Crippen LogP contribution in [0.2, 0.25) is 0 Å². The predicted octanol–water partition coefficient (Wildman–Crippen LogP) is 4.38. The van der Waals surface area contributed by atoms with Crippen molar-refractivity contribution in [1.82, 2.24) is 14.3 Å². The number of fused-ring (bicyclic) bond motifs is 1. The number of unbranched alkanes of at least 4 members (excludes halogenated alkanes) is 3. The first kappa shape index (κ1) is 19.7. The van der Waals surface area contributed by atoms with Crippen molar-refractivity contribution in [3.63, 3.8) is 0 Å². The van der Waals surface area contributed by atoms with E-state index in [4.69, 9.17) is 0 Å². The predicted molar refractivity (Wildman–Crippen MR) is 111 cm³/mol. The fraction of sp³-hybridized carbons (Fsp3) is 0.636. The number of nitrogens with zero attached hydrogens (tertiary/aromatic N) is 5. The maximum Gasteiger partial charge on any atom is 0.156 e. The molecule has 2 aromatic rings. The van der Waals surface area contributed by atoms with Crippen molar-refractivity contribution in [2.75, 3.05) is 25.5 Å². The molecule has 146 valence electrons. The van der Waals surface area contributed by atoms with Gasteiger partial charge in [0.05, 0.1) is 11.7 Å². The molecule has 27 heavy (non-hydrogen) atoms. The molecule has 1 aliphatic heterocycles. The Hall–Kier alpha value is -2.06. The second-order valence-corrected chi connectivity index (χ2v) is 7.83. The lowest BCUT2D eigenvalue weighted by atomic mass is 9.95. The number of hydrogen-bond donors (Lipinski definition) is 0. The maximum absolute atomic E-state index is 9.87. The van der Waals surface area contributed by atoms with Crippen LogP contribution in [0, 0.1) is 11.3 Å². The fourth-order valence-electron chi connectivity index (χ4n) is 4.57. The highest BCUT2D eigenvalue weighted by atomic mass is 15.4. The molecule has 3 rings (SSSR count). The molecule has 0 saturated carbocycles. The summed E-state index contributed by atoms with van der Waals surface area (Å²) >= 11 is 0. The molecule has 0 N–H and O–H groups in total. The van der Waals surface area contributed by atoms with E-state index < -0.39 is 0 Å². The van der Waals surface area contributed by atoms with Gasteiger partial charge in [0, 0.05) is 18.9 Å². The van der Waals surface area contributed by atoms with E-state index in [-0.39, 0.29) is 0 Å². The van der Waals surface area contributed by atoms with Gasteiger partial charge in [0.15, 0.2) is 5.65 Å². The van der Waals surface area contributed by atoms with Crippen LogP contribution < -0.4 is 4.90 Å². The minimum atomic E-state index is 0.405. The van der Waals surface area contributed by atoms with Crippen molar-refractivity contribution in [3.8, 4) is 6.07 Å². The normalized spacial score (nSPS) is 17.2. The SMILES string of the molecule is CCCCCCc1c(CC)c(C#N)c2nccn2c1N1CCCC1N(C)C. The van der Waals surface area contributed by atoms with Crippen LogP contribution in [0.5, 0.6) is 0 Å². The summed E-state index contributed by atoms with van der Waals surface area (Å²) in [5.74, 6) is 1.27. The molecule has 2 aromatic heterocycles. The lowest BCUT2D eigenvalue weighted by molar-refractivity contribution is 0.299. The molecule has 0 bridgehead atoms. The van der Waals surface area contributed by atoms with Crippen LogP contribution in [0.25, 0.3) is 5.65 Å². The van der Waals surface area contributed by atoms with Gasteiger partial charge in [0.1, 0.15) is 11.9 Å². The molecule has 1 unspecified atom stereocenters. The van der Waals surface area contributed by atoms with Gasteiger partial charge in [-0.3, -0.25) is 9.30 Å². The van der Waals surface area contributed by atoms with Crippen molar-refractivity contribution in [2.24, 2.45) is 0 Å². The van der Waals surface area contributed by atoms with Gasteiger partial charge in [-0.2, -0.15) is 5.26 Å². The summed E-state index contributed by atoms with van der Waals surface area (Å²) in [7, 11) is 4.33. The number of rotatable bonds is 8. The van der Waals surface area contributed by atoms with Crippen LogP contribution in [-0.2, 0) is 12.8 Å². The van der Waals surface area contributed by atoms with Crippen LogP contribution in [-0.4, -0.2) is 41.1 Å². The minimum Gasteiger partial charge on any atom is -0.342 e.